The molecule has 27 heavy (non-hydrogen) atoms. The minimum Gasteiger partial charge on any atom is -0.381 e. The van der Waals surface area contributed by atoms with E-state index in [1.807, 2.05) is 26.0 Å². The molecular weight excluding hydrogens is 348 g/mol. The molecule has 0 radical (unpaired) electrons. The van der Waals surface area contributed by atoms with Crippen molar-refractivity contribution in [2.24, 2.45) is 0 Å². The molecule has 7 nitrogen and oxygen atoms in total. The highest BCUT2D eigenvalue weighted by Gasteiger charge is 2.28. The Kier molecular flexibility index (Phi) is 8.44. The van der Waals surface area contributed by atoms with Crippen molar-refractivity contribution in [3.8, 4) is 0 Å². The minimum atomic E-state index is -1.36. The molecule has 0 fully saturated rings. The quantitative estimate of drug-likeness (QED) is 0.688. The number of carbonyl (C=O) groups is 2. The van der Waals surface area contributed by atoms with Gasteiger partial charge in [0, 0.05) is 11.6 Å². The Morgan fingerprint density at radius 1 is 1.22 bits per heavy atom. The van der Waals surface area contributed by atoms with E-state index in [9.17, 15) is 14.7 Å². The summed E-state index contributed by atoms with van der Waals surface area (Å²) in [6, 6.07) is 6.25. The van der Waals surface area contributed by atoms with E-state index in [-0.39, 0.29) is 18.6 Å². The van der Waals surface area contributed by atoms with Gasteiger partial charge in [0.1, 0.15) is 0 Å². The van der Waals surface area contributed by atoms with Crippen LogP contribution in [0.2, 0.25) is 0 Å². The van der Waals surface area contributed by atoms with Gasteiger partial charge in [-0.1, -0.05) is 30.4 Å². The highest BCUT2D eigenvalue weighted by atomic mass is 16.5. The third-order valence-electron chi connectivity index (χ3n) is 4.06. The summed E-state index contributed by atoms with van der Waals surface area (Å²) in [6.07, 6.45) is 2.53. The van der Waals surface area contributed by atoms with Crippen LogP contribution in [-0.2, 0) is 20.9 Å². The van der Waals surface area contributed by atoms with E-state index in [4.69, 9.17) is 9.47 Å². The van der Waals surface area contributed by atoms with Gasteiger partial charge in [-0.3, -0.25) is 9.59 Å². The number of aliphatic hydroxyl groups is 1. The number of rotatable bonds is 3. The summed E-state index contributed by atoms with van der Waals surface area (Å²) in [6.45, 7) is 5.18. The van der Waals surface area contributed by atoms with E-state index in [2.05, 4.69) is 10.6 Å². The fourth-order valence-corrected chi connectivity index (χ4v) is 2.70. The molecule has 0 aromatic heterocycles. The molecule has 0 saturated heterocycles. The van der Waals surface area contributed by atoms with Gasteiger partial charge in [-0.15, -0.1) is 0 Å². The first-order valence-corrected chi connectivity index (χ1v) is 9.16. The van der Waals surface area contributed by atoms with E-state index >= 15 is 0 Å². The van der Waals surface area contributed by atoms with Gasteiger partial charge >= 0.3 is 0 Å². The van der Waals surface area contributed by atoms with Crippen LogP contribution < -0.4 is 10.6 Å². The lowest BCUT2D eigenvalue weighted by Crippen LogP contribution is -2.51. The van der Waals surface area contributed by atoms with Crippen molar-refractivity contribution in [1.82, 2.24) is 10.6 Å². The molecule has 1 aromatic rings. The van der Waals surface area contributed by atoms with Crippen LogP contribution in [0, 0.1) is 0 Å². The van der Waals surface area contributed by atoms with Crippen LogP contribution >= 0.6 is 0 Å². The largest absolute Gasteiger partial charge is 0.381 e. The summed E-state index contributed by atoms with van der Waals surface area (Å²) in [7, 11) is 0. The van der Waals surface area contributed by atoms with Gasteiger partial charge < -0.3 is 25.2 Å². The summed E-state index contributed by atoms with van der Waals surface area (Å²) < 4.78 is 11.0. The fourth-order valence-electron chi connectivity index (χ4n) is 2.70. The van der Waals surface area contributed by atoms with Crippen molar-refractivity contribution in [3.05, 3.63) is 47.5 Å². The van der Waals surface area contributed by atoms with Crippen LogP contribution in [0.1, 0.15) is 36.2 Å². The lowest BCUT2D eigenvalue weighted by molar-refractivity contribution is -0.131. The van der Waals surface area contributed by atoms with Gasteiger partial charge in [-0.25, -0.2) is 0 Å². The van der Waals surface area contributed by atoms with Gasteiger partial charge in [-0.2, -0.15) is 0 Å². The number of fused-ring (bicyclic) bond motifs is 1. The SMILES string of the molecule is CC(C)NC(=O)C(O)C1C/C=C\COCCOCc2ccccc2C(=O)N1. The summed E-state index contributed by atoms with van der Waals surface area (Å²) in [5.41, 5.74) is 1.20. The lowest BCUT2D eigenvalue weighted by atomic mass is 10.0. The number of nitrogens with one attached hydrogen (secondary N) is 2. The van der Waals surface area contributed by atoms with Gasteiger partial charge in [0.25, 0.3) is 11.8 Å². The molecule has 0 saturated carbocycles. The predicted molar refractivity (Wildman–Crippen MR) is 101 cm³/mol. The monoisotopic (exact) mass is 376 g/mol. The minimum absolute atomic E-state index is 0.108. The summed E-state index contributed by atoms with van der Waals surface area (Å²) in [4.78, 5) is 25.0. The van der Waals surface area contributed by atoms with Crippen molar-refractivity contribution in [1.29, 1.82) is 0 Å². The molecule has 7 heteroatoms. The van der Waals surface area contributed by atoms with E-state index in [1.165, 1.54) is 0 Å². The number of amides is 2. The van der Waals surface area contributed by atoms with Crippen LogP contribution in [0.3, 0.4) is 0 Å². The van der Waals surface area contributed by atoms with Crippen molar-refractivity contribution in [2.75, 3.05) is 19.8 Å². The molecule has 2 rings (SSSR count). The first-order chi connectivity index (χ1) is 13.0. The highest BCUT2D eigenvalue weighted by Crippen LogP contribution is 2.12. The van der Waals surface area contributed by atoms with Crippen LogP contribution in [-0.4, -0.2) is 54.9 Å². The van der Waals surface area contributed by atoms with Crippen molar-refractivity contribution in [3.63, 3.8) is 0 Å². The summed E-state index contributed by atoms with van der Waals surface area (Å²) in [5.74, 6) is -0.866. The average Bonchev–Trinajstić information content (AvgIpc) is 2.64. The van der Waals surface area contributed by atoms with Crippen LogP contribution in [0.4, 0.5) is 0 Å². The Morgan fingerprint density at radius 2 is 1.96 bits per heavy atom. The van der Waals surface area contributed by atoms with Gasteiger partial charge in [0.15, 0.2) is 6.10 Å². The molecule has 0 aliphatic carbocycles. The first kappa shape index (κ1) is 21.1. The standard InChI is InChI=1S/C20H28N2O5/c1-14(2)21-20(25)18(23)17-9-5-6-10-26-11-12-27-13-15-7-3-4-8-16(15)19(24)22-17/h3-8,14,17-18,23H,9-13H2,1-2H3,(H,21,25)(H,22,24)/b6-5-. The summed E-state index contributed by atoms with van der Waals surface area (Å²) >= 11 is 0. The normalized spacial score (nSPS) is 21.5. The van der Waals surface area contributed by atoms with E-state index in [0.29, 0.717) is 31.8 Å². The molecule has 148 valence electrons. The molecule has 2 atom stereocenters. The maximum Gasteiger partial charge on any atom is 0.251 e. The Labute approximate surface area is 159 Å². The third kappa shape index (κ3) is 6.78. The molecule has 1 heterocycles. The van der Waals surface area contributed by atoms with Crippen LogP contribution in [0.15, 0.2) is 36.4 Å². The molecule has 3 N–H and O–H groups in total. The lowest BCUT2D eigenvalue weighted by Gasteiger charge is -2.24. The zero-order chi connectivity index (χ0) is 19.6. The van der Waals surface area contributed by atoms with Gasteiger partial charge in [0.05, 0.1) is 32.5 Å². The first-order valence-electron chi connectivity index (χ1n) is 9.16. The Morgan fingerprint density at radius 3 is 2.74 bits per heavy atom. The van der Waals surface area contributed by atoms with E-state index in [0.717, 1.165) is 5.56 Å². The van der Waals surface area contributed by atoms with E-state index in [1.54, 1.807) is 24.3 Å². The molecule has 1 aliphatic heterocycles. The second kappa shape index (κ2) is 10.8. The fraction of sp³-hybridized carbons (Fsp3) is 0.500. The number of carbonyl (C=O) groups excluding carboxylic acids is 2. The van der Waals surface area contributed by atoms with Crippen LogP contribution in [0.5, 0.6) is 0 Å². The zero-order valence-electron chi connectivity index (χ0n) is 15.8. The number of ether oxygens (including phenoxy) is 2. The zero-order valence-corrected chi connectivity index (χ0v) is 15.8. The smallest absolute Gasteiger partial charge is 0.251 e. The molecule has 2 amide bonds. The van der Waals surface area contributed by atoms with E-state index < -0.39 is 18.1 Å². The average molecular weight is 376 g/mol. The Hall–Kier alpha value is -2.22. The number of benzene rings is 1. The Balaban J connectivity index is 2.21. The number of aliphatic hydroxyl groups excluding tert-OH is 1. The Bertz CT molecular complexity index is 660. The topological polar surface area (TPSA) is 96.9 Å². The molecule has 1 aromatic carbocycles. The van der Waals surface area contributed by atoms with Crippen molar-refractivity contribution >= 4 is 11.8 Å². The number of hydrogen-bond acceptors (Lipinski definition) is 5. The van der Waals surface area contributed by atoms with Gasteiger partial charge in [0.2, 0.25) is 0 Å². The maximum absolute atomic E-state index is 12.8. The summed E-state index contributed by atoms with van der Waals surface area (Å²) in [5, 5.41) is 15.9. The molecular formula is C20H28N2O5. The third-order valence-corrected chi connectivity index (χ3v) is 4.06. The van der Waals surface area contributed by atoms with Crippen LogP contribution in [0.25, 0.3) is 0 Å². The molecule has 0 spiro atoms. The van der Waals surface area contributed by atoms with Crippen molar-refractivity contribution in [2.45, 2.75) is 45.1 Å². The molecule has 2 unspecified atom stereocenters. The maximum atomic E-state index is 12.8. The van der Waals surface area contributed by atoms with Gasteiger partial charge in [-0.05, 0) is 31.9 Å². The molecule has 1 aliphatic rings. The number of hydrogen-bond donors (Lipinski definition) is 3. The predicted octanol–water partition coefficient (Wildman–Crippen LogP) is 1.16. The second-order valence-corrected chi connectivity index (χ2v) is 6.68. The molecule has 0 bridgehead atoms. The highest BCUT2D eigenvalue weighted by molar-refractivity contribution is 5.96. The van der Waals surface area contributed by atoms with Crippen molar-refractivity contribution < 1.29 is 24.2 Å². The second-order valence-electron chi connectivity index (χ2n) is 6.68.